The van der Waals surface area contributed by atoms with E-state index in [1.807, 2.05) is 25.1 Å². The molecule has 0 aliphatic rings. The van der Waals surface area contributed by atoms with Gasteiger partial charge in [-0.2, -0.15) is 0 Å². The molecule has 3 rings (SSSR count). The first-order chi connectivity index (χ1) is 12.1. The molecule has 25 heavy (non-hydrogen) atoms. The molecule has 0 saturated carbocycles. The van der Waals surface area contributed by atoms with E-state index in [2.05, 4.69) is 4.98 Å². The first-order valence-electron chi connectivity index (χ1n) is 8.06. The van der Waals surface area contributed by atoms with Crippen LogP contribution in [0.5, 0.6) is 0 Å². The number of pyridine rings is 1. The number of benzene rings is 1. The highest BCUT2D eigenvalue weighted by molar-refractivity contribution is 6.34. The largest absolute Gasteiger partial charge is 0.453 e. The second-order valence-electron chi connectivity index (χ2n) is 5.57. The number of rotatable bonds is 6. The van der Waals surface area contributed by atoms with E-state index >= 15 is 0 Å². The second kappa shape index (κ2) is 7.68. The molecule has 0 aliphatic carbocycles. The number of hydrogen-bond acceptors (Lipinski definition) is 4. The molecule has 5 nitrogen and oxygen atoms in total. The van der Waals surface area contributed by atoms with Crippen LogP contribution in [-0.4, -0.2) is 42.6 Å². The number of hydrogen-bond donors (Lipinski definition) is 0. The fraction of sp³-hybridized carbons (Fsp3) is 0.263. The number of fused-ring (bicyclic) bond motifs is 1. The Labute approximate surface area is 151 Å². The van der Waals surface area contributed by atoms with Crippen LogP contribution in [0.15, 0.2) is 47.0 Å². The molecule has 0 unspecified atom stereocenters. The number of methoxy groups -OCH3 is 1. The third-order valence-corrected chi connectivity index (χ3v) is 4.31. The SMILES string of the molecule is CCN(CCOC)C(=O)c1ccc(-c2cc3nccc(Cl)c3o2)cc1. The second-order valence-corrected chi connectivity index (χ2v) is 5.98. The van der Waals surface area contributed by atoms with Crippen LogP contribution in [0.3, 0.4) is 0 Å². The van der Waals surface area contributed by atoms with Crippen molar-refractivity contribution in [3.63, 3.8) is 0 Å². The van der Waals surface area contributed by atoms with Crippen molar-refractivity contribution in [1.82, 2.24) is 9.88 Å². The lowest BCUT2D eigenvalue weighted by molar-refractivity contribution is 0.0706. The van der Waals surface area contributed by atoms with E-state index in [0.29, 0.717) is 47.1 Å². The van der Waals surface area contributed by atoms with Crippen molar-refractivity contribution in [1.29, 1.82) is 0 Å². The summed E-state index contributed by atoms with van der Waals surface area (Å²) in [7, 11) is 1.63. The summed E-state index contributed by atoms with van der Waals surface area (Å²) >= 11 is 6.12. The number of amides is 1. The summed E-state index contributed by atoms with van der Waals surface area (Å²) in [5.41, 5.74) is 2.77. The molecular formula is C19H19ClN2O3. The van der Waals surface area contributed by atoms with Gasteiger partial charge in [-0.1, -0.05) is 23.7 Å². The van der Waals surface area contributed by atoms with Crippen LogP contribution >= 0.6 is 11.6 Å². The van der Waals surface area contributed by atoms with Gasteiger partial charge in [0.25, 0.3) is 5.91 Å². The Bertz CT molecular complexity index is 874. The molecule has 0 N–H and O–H groups in total. The minimum Gasteiger partial charge on any atom is -0.453 e. The van der Waals surface area contributed by atoms with E-state index < -0.39 is 0 Å². The Hall–Kier alpha value is -2.37. The normalized spacial score (nSPS) is 11.0. The van der Waals surface area contributed by atoms with E-state index in [1.54, 1.807) is 36.4 Å². The van der Waals surface area contributed by atoms with Crippen LogP contribution < -0.4 is 0 Å². The average molecular weight is 359 g/mol. The molecule has 2 heterocycles. The third kappa shape index (κ3) is 3.67. The van der Waals surface area contributed by atoms with Crippen molar-refractivity contribution < 1.29 is 13.9 Å². The van der Waals surface area contributed by atoms with Crippen molar-refractivity contribution in [3.8, 4) is 11.3 Å². The van der Waals surface area contributed by atoms with Gasteiger partial charge in [0.05, 0.1) is 11.6 Å². The summed E-state index contributed by atoms with van der Waals surface area (Å²) in [5, 5.41) is 0.528. The lowest BCUT2D eigenvalue weighted by atomic mass is 10.1. The molecule has 0 spiro atoms. The predicted octanol–water partition coefficient (Wildman–Crippen LogP) is 4.26. The molecular weight excluding hydrogens is 340 g/mol. The number of halogens is 1. The fourth-order valence-corrected chi connectivity index (χ4v) is 2.81. The number of likely N-dealkylation sites (N-methyl/N-ethyl adjacent to an activating group) is 1. The van der Waals surface area contributed by atoms with Gasteiger partial charge in [-0.05, 0) is 25.1 Å². The van der Waals surface area contributed by atoms with Gasteiger partial charge < -0.3 is 14.1 Å². The Morgan fingerprint density at radius 3 is 2.68 bits per heavy atom. The highest BCUT2D eigenvalue weighted by atomic mass is 35.5. The van der Waals surface area contributed by atoms with Gasteiger partial charge in [-0.3, -0.25) is 9.78 Å². The van der Waals surface area contributed by atoms with Crippen LogP contribution in [0.1, 0.15) is 17.3 Å². The highest BCUT2D eigenvalue weighted by Gasteiger charge is 2.15. The number of nitrogens with zero attached hydrogens (tertiary/aromatic N) is 2. The molecule has 3 aromatic rings. The first-order valence-corrected chi connectivity index (χ1v) is 8.44. The van der Waals surface area contributed by atoms with Gasteiger partial charge in [0.2, 0.25) is 0 Å². The number of aromatic nitrogens is 1. The molecule has 0 radical (unpaired) electrons. The zero-order valence-electron chi connectivity index (χ0n) is 14.2. The summed E-state index contributed by atoms with van der Waals surface area (Å²) < 4.78 is 10.9. The van der Waals surface area contributed by atoms with Gasteiger partial charge in [0.1, 0.15) is 11.3 Å². The molecule has 0 saturated heterocycles. The van der Waals surface area contributed by atoms with Crippen LogP contribution in [-0.2, 0) is 4.74 Å². The third-order valence-electron chi connectivity index (χ3n) is 4.01. The standard InChI is InChI=1S/C19H19ClN2O3/c1-3-22(10-11-24-2)19(23)14-6-4-13(5-7-14)17-12-16-18(25-17)15(20)8-9-21-16/h4-9,12H,3,10-11H2,1-2H3. The van der Waals surface area contributed by atoms with E-state index in [0.717, 1.165) is 5.56 Å². The Balaban J connectivity index is 1.83. The molecule has 0 atom stereocenters. The summed E-state index contributed by atoms with van der Waals surface area (Å²) in [6, 6.07) is 10.9. The molecule has 1 aromatic carbocycles. The average Bonchev–Trinajstić information content (AvgIpc) is 3.08. The smallest absolute Gasteiger partial charge is 0.253 e. The Morgan fingerprint density at radius 1 is 1.28 bits per heavy atom. The highest BCUT2D eigenvalue weighted by Crippen LogP contribution is 2.30. The van der Waals surface area contributed by atoms with Crippen LogP contribution in [0.25, 0.3) is 22.4 Å². The van der Waals surface area contributed by atoms with Gasteiger partial charge in [-0.15, -0.1) is 0 Å². The zero-order chi connectivity index (χ0) is 17.8. The monoisotopic (exact) mass is 358 g/mol. The predicted molar refractivity (Wildman–Crippen MR) is 97.9 cm³/mol. The van der Waals surface area contributed by atoms with Gasteiger partial charge >= 0.3 is 0 Å². The molecule has 0 aliphatic heterocycles. The zero-order valence-corrected chi connectivity index (χ0v) is 14.9. The maximum absolute atomic E-state index is 12.5. The van der Waals surface area contributed by atoms with Crippen LogP contribution in [0, 0.1) is 0 Å². The van der Waals surface area contributed by atoms with E-state index in [9.17, 15) is 4.79 Å². The fourth-order valence-electron chi connectivity index (χ4n) is 2.61. The summed E-state index contributed by atoms with van der Waals surface area (Å²) in [4.78, 5) is 18.5. The van der Waals surface area contributed by atoms with Gasteiger partial charge in [0.15, 0.2) is 5.58 Å². The minimum atomic E-state index is -0.0135. The van der Waals surface area contributed by atoms with Crippen molar-refractivity contribution in [2.45, 2.75) is 6.92 Å². The number of carbonyl (C=O) groups excluding carboxylic acids is 1. The van der Waals surface area contributed by atoms with E-state index in [4.69, 9.17) is 20.8 Å². The maximum atomic E-state index is 12.5. The number of furan rings is 1. The molecule has 6 heteroatoms. The van der Waals surface area contributed by atoms with Gasteiger partial charge in [0, 0.05) is 43.6 Å². The number of carbonyl (C=O) groups is 1. The maximum Gasteiger partial charge on any atom is 0.253 e. The van der Waals surface area contributed by atoms with Crippen molar-refractivity contribution in [2.75, 3.05) is 26.8 Å². The quantitative estimate of drug-likeness (QED) is 0.660. The molecule has 0 bridgehead atoms. The molecule has 0 fully saturated rings. The van der Waals surface area contributed by atoms with Crippen molar-refractivity contribution >= 4 is 28.6 Å². The van der Waals surface area contributed by atoms with Crippen molar-refractivity contribution in [3.05, 3.63) is 53.2 Å². The van der Waals surface area contributed by atoms with Crippen molar-refractivity contribution in [2.24, 2.45) is 0 Å². The Kier molecular flexibility index (Phi) is 5.36. The number of ether oxygens (including phenoxy) is 1. The Morgan fingerprint density at radius 2 is 2.04 bits per heavy atom. The topological polar surface area (TPSA) is 55.6 Å². The van der Waals surface area contributed by atoms with Crippen LogP contribution in [0.4, 0.5) is 0 Å². The van der Waals surface area contributed by atoms with E-state index in [1.165, 1.54) is 0 Å². The molecule has 2 aromatic heterocycles. The lowest BCUT2D eigenvalue weighted by Crippen LogP contribution is -2.33. The lowest BCUT2D eigenvalue weighted by Gasteiger charge is -2.20. The molecule has 1 amide bonds. The minimum absolute atomic E-state index is 0.0135. The summed E-state index contributed by atoms with van der Waals surface area (Å²) in [6.45, 7) is 3.68. The molecule has 130 valence electrons. The summed E-state index contributed by atoms with van der Waals surface area (Å²) in [6.07, 6.45) is 1.64. The van der Waals surface area contributed by atoms with E-state index in [-0.39, 0.29) is 5.91 Å². The van der Waals surface area contributed by atoms with Gasteiger partial charge in [-0.25, -0.2) is 0 Å². The first kappa shape index (κ1) is 17.5. The van der Waals surface area contributed by atoms with Crippen LogP contribution in [0.2, 0.25) is 5.02 Å². The summed E-state index contributed by atoms with van der Waals surface area (Å²) in [5.74, 6) is 0.654.